The number of aryl methyl sites for hydroxylation is 2. The van der Waals surface area contributed by atoms with Crippen LogP contribution in [0, 0.1) is 25.6 Å². The van der Waals surface area contributed by atoms with Crippen molar-refractivity contribution in [2.45, 2.75) is 26.7 Å². The maximum absolute atomic E-state index is 13.8. The number of nitrogens with one attached hydrogen (secondary N) is 2. The molecule has 2 aromatic rings. The average molecular weight is 383 g/mol. The molecule has 1 aliphatic heterocycles. The van der Waals surface area contributed by atoms with E-state index in [1.165, 1.54) is 12.1 Å². The van der Waals surface area contributed by atoms with E-state index in [2.05, 4.69) is 16.7 Å². The van der Waals surface area contributed by atoms with Gasteiger partial charge in [-0.2, -0.15) is 0 Å². The number of rotatable bonds is 4. The molecule has 28 heavy (non-hydrogen) atoms. The lowest BCUT2D eigenvalue weighted by Gasteiger charge is -2.32. The number of piperidine rings is 1. The van der Waals surface area contributed by atoms with Gasteiger partial charge >= 0.3 is 6.03 Å². The Bertz CT molecular complexity index is 840. The monoisotopic (exact) mass is 383 g/mol. The Hall–Kier alpha value is -2.89. The number of likely N-dealkylation sites (tertiary alicyclic amines) is 1. The molecule has 0 radical (unpaired) electrons. The molecule has 3 rings (SSSR count). The standard InChI is InChI=1S/C22H26FN3O2/c1-15-11-16(2)13-18(12-15)25-22(28)24-14-17-7-9-26(10-8-17)21(27)19-5-3-4-6-20(19)23/h3-6,11-13,17H,7-10,14H2,1-2H3,(H2,24,25,28). The molecule has 3 amide bonds. The van der Waals surface area contributed by atoms with Crippen LogP contribution in [0.2, 0.25) is 0 Å². The van der Waals surface area contributed by atoms with Gasteiger partial charge in [0.15, 0.2) is 0 Å². The van der Waals surface area contributed by atoms with E-state index in [0.29, 0.717) is 25.6 Å². The summed E-state index contributed by atoms with van der Waals surface area (Å²) in [7, 11) is 0. The van der Waals surface area contributed by atoms with Gasteiger partial charge < -0.3 is 15.5 Å². The summed E-state index contributed by atoms with van der Waals surface area (Å²) in [5, 5.41) is 5.77. The lowest BCUT2D eigenvalue weighted by Crippen LogP contribution is -2.42. The molecule has 1 saturated heterocycles. The predicted octanol–water partition coefficient (Wildman–Crippen LogP) is 4.12. The third-order valence-corrected chi connectivity index (χ3v) is 5.04. The summed E-state index contributed by atoms with van der Waals surface area (Å²) in [4.78, 5) is 26.3. The first-order chi connectivity index (χ1) is 13.4. The molecule has 0 atom stereocenters. The minimum atomic E-state index is -0.487. The minimum absolute atomic E-state index is 0.118. The zero-order valence-corrected chi connectivity index (χ0v) is 16.3. The van der Waals surface area contributed by atoms with Gasteiger partial charge in [-0.25, -0.2) is 9.18 Å². The zero-order chi connectivity index (χ0) is 20.1. The molecule has 0 spiro atoms. The van der Waals surface area contributed by atoms with Gasteiger partial charge in [-0.3, -0.25) is 4.79 Å². The lowest BCUT2D eigenvalue weighted by molar-refractivity contribution is 0.0686. The van der Waals surface area contributed by atoms with Crippen molar-refractivity contribution in [3.05, 3.63) is 65.0 Å². The fourth-order valence-electron chi connectivity index (χ4n) is 3.60. The Morgan fingerprint density at radius 3 is 2.36 bits per heavy atom. The van der Waals surface area contributed by atoms with Crippen molar-refractivity contribution in [3.8, 4) is 0 Å². The van der Waals surface area contributed by atoms with Crippen LogP contribution < -0.4 is 10.6 Å². The van der Waals surface area contributed by atoms with Crippen molar-refractivity contribution in [2.24, 2.45) is 5.92 Å². The van der Waals surface area contributed by atoms with Crippen molar-refractivity contribution in [2.75, 3.05) is 25.0 Å². The first-order valence-electron chi connectivity index (χ1n) is 9.59. The molecule has 0 unspecified atom stereocenters. The molecule has 0 aromatic heterocycles. The molecule has 148 valence electrons. The number of carbonyl (C=O) groups excluding carboxylic acids is 2. The number of nitrogens with zero attached hydrogens (tertiary/aromatic N) is 1. The van der Waals surface area contributed by atoms with Gasteiger partial charge in [-0.15, -0.1) is 0 Å². The van der Waals surface area contributed by atoms with Crippen molar-refractivity contribution in [1.82, 2.24) is 10.2 Å². The summed E-state index contributed by atoms with van der Waals surface area (Å²) in [6.07, 6.45) is 1.56. The molecule has 1 heterocycles. The Morgan fingerprint density at radius 2 is 1.71 bits per heavy atom. The number of anilines is 1. The second kappa shape index (κ2) is 8.87. The summed E-state index contributed by atoms with van der Waals surface area (Å²) < 4.78 is 13.8. The van der Waals surface area contributed by atoms with Crippen LogP contribution in [0.4, 0.5) is 14.9 Å². The molecule has 1 fully saturated rings. The van der Waals surface area contributed by atoms with E-state index >= 15 is 0 Å². The summed E-state index contributed by atoms with van der Waals surface area (Å²) in [6, 6.07) is 11.8. The number of amides is 3. The van der Waals surface area contributed by atoms with E-state index in [9.17, 15) is 14.0 Å². The number of hydrogen-bond donors (Lipinski definition) is 2. The molecule has 0 saturated carbocycles. The van der Waals surface area contributed by atoms with Crippen molar-refractivity contribution < 1.29 is 14.0 Å². The van der Waals surface area contributed by atoms with Gasteiger partial charge in [-0.05, 0) is 68.0 Å². The maximum atomic E-state index is 13.8. The SMILES string of the molecule is Cc1cc(C)cc(NC(=O)NCC2CCN(C(=O)c3ccccc3F)CC2)c1. The highest BCUT2D eigenvalue weighted by Gasteiger charge is 2.25. The van der Waals surface area contributed by atoms with Crippen LogP contribution in [0.3, 0.4) is 0 Å². The molecule has 6 heteroatoms. The maximum Gasteiger partial charge on any atom is 0.319 e. The highest BCUT2D eigenvalue weighted by atomic mass is 19.1. The van der Waals surface area contributed by atoms with Gasteiger partial charge in [0.25, 0.3) is 5.91 Å². The fourth-order valence-corrected chi connectivity index (χ4v) is 3.60. The van der Waals surface area contributed by atoms with Crippen molar-refractivity contribution in [3.63, 3.8) is 0 Å². The third-order valence-electron chi connectivity index (χ3n) is 5.04. The zero-order valence-electron chi connectivity index (χ0n) is 16.3. The molecular weight excluding hydrogens is 357 g/mol. The highest BCUT2D eigenvalue weighted by Crippen LogP contribution is 2.20. The summed E-state index contributed by atoms with van der Waals surface area (Å²) in [6.45, 7) is 5.67. The van der Waals surface area contributed by atoms with Crippen LogP contribution in [0.5, 0.6) is 0 Å². The second-order valence-electron chi connectivity index (χ2n) is 7.43. The predicted molar refractivity (Wildman–Crippen MR) is 108 cm³/mol. The minimum Gasteiger partial charge on any atom is -0.339 e. The number of hydrogen-bond acceptors (Lipinski definition) is 2. The van der Waals surface area contributed by atoms with E-state index in [1.54, 1.807) is 17.0 Å². The normalized spacial score (nSPS) is 14.6. The van der Waals surface area contributed by atoms with Crippen LogP contribution >= 0.6 is 0 Å². The van der Waals surface area contributed by atoms with E-state index in [4.69, 9.17) is 0 Å². The molecular formula is C22H26FN3O2. The fraction of sp³-hybridized carbons (Fsp3) is 0.364. The van der Waals surface area contributed by atoms with E-state index in [0.717, 1.165) is 29.7 Å². The van der Waals surface area contributed by atoms with Crippen LogP contribution in [-0.4, -0.2) is 36.5 Å². The Labute approximate surface area is 164 Å². The van der Waals surface area contributed by atoms with E-state index in [-0.39, 0.29) is 17.5 Å². The average Bonchev–Trinajstić information content (AvgIpc) is 2.66. The Morgan fingerprint density at radius 1 is 1.07 bits per heavy atom. The number of urea groups is 1. The van der Waals surface area contributed by atoms with Crippen LogP contribution in [-0.2, 0) is 0 Å². The second-order valence-corrected chi connectivity index (χ2v) is 7.43. The van der Waals surface area contributed by atoms with Gasteiger partial charge in [-0.1, -0.05) is 18.2 Å². The molecule has 2 N–H and O–H groups in total. The Balaban J connectivity index is 1.45. The van der Waals surface area contributed by atoms with Gasteiger partial charge in [0, 0.05) is 25.3 Å². The summed E-state index contributed by atoms with van der Waals surface area (Å²) in [5.74, 6) is -0.453. The summed E-state index contributed by atoms with van der Waals surface area (Å²) >= 11 is 0. The lowest BCUT2D eigenvalue weighted by atomic mass is 9.96. The Kier molecular flexibility index (Phi) is 6.29. The molecule has 1 aliphatic rings. The van der Waals surface area contributed by atoms with Crippen LogP contribution in [0.15, 0.2) is 42.5 Å². The van der Waals surface area contributed by atoms with Gasteiger partial charge in [0.05, 0.1) is 5.56 Å². The molecule has 0 bridgehead atoms. The topological polar surface area (TPSA) is 61.4 Å². The van der Waals surface area contributed by atoms with E-state index in [1.807, 2.05) is 26.0 Å². The van der Waals surface area contributed by atoms with Gasteiger partial charge in [0.2, 0.25) is 0 Å². The first kappa shape index (κ1) is 19.9. The molecule has 0 aliphatic carbocycles. The number of benzene rings is 2. The van der Waals surface area contributed by atoms with Crippen LogP contribution in [0.1, 0.15) is 34.3 Å². The largest absolute Gasteiger partial charge is 0.339 e. The smallest absolute Gasteiger partial charge is 0.319 e. The van der Waals surface area contributed by atoms with E-state index < -0.39 is 5.82 Å². The highest BCUT2D eigenvalue weighted by molar-refractivity contribution is 5.94. The summed E-state index contributed by atoms with van der Waals surface area (Å²) in [5.41, 5.74) is 3.09. The first-order valence-corrected chi connectivity index (χ1v) is 9.59. The molecule has 5 nitrogen and oxygen atoms in total. The van der Waals surface area contributed by atoms with Crippen LogP contribution in [0.25, 0.3) is 0 Å². The van der Waals surface area contributed by atoms with Crippen molar-refractivity contribution >= 4 is 17.6 Å². The van der Waals surface area contributed by atoms with Gasteiger partial charge in [0.1, 0.15) is 5.82 Å². The quantitative estimate of drug-likeness (QED) is 0.834. The van der Waals surface area contributed by atoms with Crippen molar-refractivity contribution in [1.29, 1.82) is 0 Å². The number of carbonyl (C=O) groups is 2. The number of halogens is 1. The third kappa shape index (κ3) is 5.09. The molecule has 2 aromatic carbocycles.